The lowest BCUT2D eigenvalue weighted by Crippen LogP contribution is -2.15. The van der Waals surface area contributed by atoms with Gasteiger partial charge in [-0.15, -0.1) is 0 Å². The van der Waals surface area contributed by atoms with Crippen molar-refractivity contribution in [3.05, 3.63) is 41.5 Å². The molecule has 3 nitrogen and oxygen atoms in total. The summed E-state index contributed by atoms with van der Waals surface area (Å²) in [6.07, 6.45) is 9.09. The van der Waals surface area contributed by atoms with Gasteiger partial charge in [0.1, 0.15) is 0 Å². The minimum Gasteiger partial charge on any atom is -0.366 e. The Kier molecular flexibility index (Phi) is 4.50. The van der Waals surface area contributed by atoms with Crippen molar-refractivity contribution in [1.29, 1.82) is 0 Å². The van der Waals surface area contributed by atoms with Crippen molar-refractivity contribution in [2.24, 2.45) is 11.7 Å². The van der Waals surface area contributed by atoms with Crippen LogP contribution in [0.3, 0.4) is 0 Å². The molecule has 2 N–H and O–H groups in total. The molecule has 1 aromatic carbocycles. The lowest BCUT2D eigenvalue weighted by atomic mass is 9.86. The Morgan fingerprint density at radius 1 is 1.05 bits per heavy atom. The summed E-state index contributed by atoms with van der Waals surface area (Å²) in [6, 6.07) is 6.94. The number of nitrogens with two attached hydrogens (primary N) is 1. The van der Waals surface area contributed by atoms with E-state index in [2.05, 4.69) is 0 Å². The minimum atomic E-state index is -0.436. The molecular formula is C16H19NO2. The molecule has 1 aliphatic rings. The zero-order chi connectivity index (χ0) is 13.7. The van der Waals surface area contributed by atoms with Crippen LogP contribution in [-0.4, -0.2) is 11.7 Å². The maximum Gasteiger partial charge on any atom is 0.248 e. The third-order valence-electron chi connectivity index (χ3n) is 3.64. The van der Waals surface area contributed by atoms with Crippen molar-refractivity contribution in [1.82, 2.24) is 0 Å². The lowest BCUT2D eigenvalue weighted by Gasteiger charge is -2.18. The number of amides is 1. The van der Waals surface area contributed by atoms with Crippen LogP contribution < -0.4 is 5.73 Å². The van der Waals surface area contributed by atoms with Crippen molar-refractivity contribution in [2.75, 3.05) is 0 Å². The average Bonchev–Trinajstić information content (AvgIpc) is 2.46. The number of hydrogen-bond donors (Lipinski definition) is 1. The highest BCUT2D eigenvalue weighted by Crippen LogP contribution is 2.24. The second-order valence-corrected chi connectivity index (χ2v) is 5.06. The number of carbonyl (C=O) groups is 2. The predicted molar refractivity (Wildman–Crippen MR) is 75.6 cm³/mol. The number of carbonyl (C=O) groups excluding carboxylic acids is 2. The summed E-state index contributed by atoms with van der Waals surface area (Å²) in [5, 5.41) is 0. The molecule has 1 aromatic rings. The van der Waals surface area contributed by atoms with Gasteiger partial charge >= 0.3 is 0 Å². The number of primary amides is 1. The number of hydrogen-bond acceptors (Lipinski definition) is 2. The molecule has 0 unspecified atom stereocenters. The Labute approximate surface area is 113 Å². The van der Waals surface area contributed by atoms with E-state index in [0.717, 1.165) is 31.2 Å². The third kappa shape index (κ3) is 3.78. The second-order valence-electron chi connectivity index (χ2n) is 5.06. The van der Waals surface area contributed by atoms with Gasteiger partial charge in [0.05, 0.1) is 0 Å². The van der Waals surface area contributed by atoms with Crippen LogP contribution in [0.1, 0.15) is 48.0 Å². The molecule has 0 saturated heterocycles. The van der Waals surface area contributed by atoms with Gasteiger partial charge in [0, 0.05) is 11.5 Å². The molecule has 0 radical (unpaired) electrons. The maximum absolute atomic E-state index is 12.0. The molecule has 100 valence electrons. The highest BCUT2D eigenvalue weighted by molar-refractivity contribution is 5.96. The molecule has 2 rings (SSSR count). The molecule has 1 fully saturated rings. The fourth-order valence-corrected chi connectivity index (χ4v) is 2.46. The van der Waals surface area contributed by atoms with Gasteiger partial charge in [-0.2, -0.15) is 0 Å². The van der Waals surface area contributed by atoms with Gasteiger partial charge in [0.2, 0.25) is 5.91 Å². The van der Waals surface area contributed by atoms with E-state index < -0.39 is 5.91 Å². The molecular weight excluding hydrogens is 238 g/mol. The first-order chi connectivity index (χ1) is 9.16. The molecule has 1 saturated carbocycles. The first-order valence-corrected chi connectivity index (χ1v) is 6.78. The highest BCUT2D eigenvalue weighted by Gasteiger charge is 2.18. The summed E-state index contributed by atoms with van der Waals surface area (Å²) >= 11 is 0. The van der Waals surface area contributed by atoms with Crippen LogP contribution in [0.5, 0.6) is 0 Å². The smallest absolute Gasteiger partial charge is 0.248 e. The molecule has 0 bridgehead atoms. The van der Waals surface area contributed by atoms with Gasteiger partial charge in [-0.05, 0) is 36.6 Å². The summed E-state index contributed by atoms with van der Waals surface area (Å²) in [5.41, 5.74) is 6.57. The Hall–Kier alpha value is -1.90. The Morgan fingerprint density at radius 2 is 1.68 bits per heavy atom. The van der Waals surface area contributed by atoms with E-state index >= 15 is 0 Å². The monoisotopic (exact) mass is 257 g/mol. The average molecular weight is 257 g/mol. The molecule has 0 spiro atoms. The van der Waals surface area contributed by atoms with Gasteiger partial charge in [-0.3, -0.25) is 9.59 Å². The van der Waals surface area contributed by atoms with Gasteiger partial charge < -0.3 is 5.73 Å². The van der Waals surface area contributed by atoms with E-state index in [1.165, 1.54) is 6.42 Å². The largest absolute Gasteiger partial charge is 0.366 e. The lowest BCUT2D eigenvalue weighted by molar-refractivity contribution is -0.119. The highest BCUT2D eigenvalue weighted by atomic mass is 16.1. The number of rotatable bonds is 4. The van der Waals surface area contributed by atoms with Crippen LogP contribution in [0.15, 0.2) is 30.3 Å². The summed E-state index contributed by atoms with van der Waals surface area (Å²) < 4.78 is 0. The summed E-state index contributed by atoms with van der Waals surface area (Å²) in [5.74, 6) is -0.0117. The van der Waals surface area contributed by atoms with Gasteiger partial charge in [-0.25, -0.2) is 0 Å². The fraction of sp³-hybridized carbons (Fsp3) is 0.375. The van der Waals surface area contributed by atoms with Crippen molar-refractivity contribution >= 4 is 17.8 Å². The van der Waals surface area contributed by atoms with Crippen molar-refractivity contribution < 1.29 is 9.59 Å². The van der Waals surface area contributed by atoms with E-state index in [0.29, 0.717) is 5.56 Å². The fourth-order valence-electron chi connectivity index (χ4n) is 2.46. The Morgan fingerprint density at radius 3 is 2.26 bits per heavy atom. The summed E-state index contributed by atoms with van der Waals surface area (Å²) in [7, 11) is 0. The van der Waals surface area contributed by atoms with Crippen LogP contribution in [0.25, 0.3) is 6.08 Å². The minimum absolute atomic E-state index is 0.204. The van der Waals surface area contributed by atoms with Crippen molar-refractivity contribution in [2.45, 2.75) is 32.1 Å². The van der Waals surface area contributed by atoms with E-state index in [-0.39, 0.29) is 11.7 Å². The van der Waals surface area contributed by atoms with Crippen LogP contribution in [-0.2, 0) is 4.79 Å². The van der Waals surface area contributed by atoms with Crippen LogP contribution in [0, 0.1) is 5.92 Å². The van der Waals surface area contributed by atoms with Gasteiger partial charge in [-0.1, -0.05) is 37.5 Å². The summed E-state index contributed by atoms with van der Waals surface area (Å²) in [4.78, 5) is 22.9. The maximum atomic E-state index is 12.0. The number of benzene rings is 1. The first-order valence-electron chi connectivity index (χ1n) is 6.78. The standard InChI is InChI=1S/C16H19NO2/c17-16(19)14-9-6-12(7-10-14)8-11-15(18)13-4-2-1-3-5-13/h6-11,13H,1-5H2,(H2,17,19)/b11-8+. The van der Waals surface area contributed by atoms with Gasteiger partial charge in [0.25, 0.3) is 0 Å². The van der Waals surface area contributed by atoms with Crippen molar-refractivity contribution in [3.8, 4) is 0 Å². The Bertz CT molecular complexity index is 482. The molecule has 3 heteroatoms. The molecule has 0 heterocycles. The first kappa shape index (κ1) is 13.5. The van der Waals surface area contributed by atoms with E-state index in [4.69, 9.17) is 5.73 Å². The molecule has 0 atom stereocenters. The molecule has 19 heavy (non-hydrogen) atoms. The van der Waals surface area contributed by atoms with Crippen molar-refractivity contribution in [3.63, 3.8) is 0 Å². The number of ketones is 1. The number of allylic oxidation sites excluding steroid dienone is 1. The van der Waals surface area contributed by atoms with Crippen LogP contribution in [0.2, 0.25) is 0 Å². The topological polar surface area (TPSA) is 60.2 Å². The third-order valence-corrected chi connectivity index (χ3v) is 3.64. The van der Waals surface area contributed by atoms with E-state index in [9.17, 15) is 9.59 Å². The normalized spacial score (nSPS) is 16.6. The zero-order valence-electron chi connectivity index (χ0n) is 11.0. The Balaban J connectivity index is 1.97. The zero-order valence-corrected chi connectivity index (χ0v) is 11.0. The van der Waals surface area contributed by atoms with E-state index in [1.807, 2.05) is 6.08 Å². The molecule has 1 aliphatic carbocycles. The molecule has 1 amide bonds. The quantitative estimate of drug-likeness (QED) is 0.843. The second kappa shape index (κ2) is 6.32. The van der Waals surface area contributed by atoms with Crippen LogP contribution in [0.4, 0.5) is 0 Å². The molecule has 0 aromatic heterocycles. The predicted octanol–water partition coefficient (Wildman–Crippen LogP) is 2.95. The van der Waals surface area contributed by atoms with E-state index in [1.54, 1.807) is 30.3 Å². The van der Waals surface area contributed by atoms with Gasteiger partial charge in [0.15, 0.2) is 5.78 Å². The summed E-state index contributed by atoms with van der Waals surface area (Å²) in [6.45, 7) is 0. The SMILES string of the molecule is NC(=O)c1ccc(/C=C/C(=O)C2CCCCC2)cc1. The van der Waals surface area contributed by atoms with Crippen LogP contribution >= 0.6 is 0 Å². The molecule has 0 aliphatic heterocycles.